The highest BCUT2D eigenvalue weighted by atomic mass is 32.1. The van der Waals surface area contributed by atoms with E-state index in [9.17, 15) is 0 Å². The van der Waals surface area contributed by atoms with E-state index in [4.69, 9.17) is 0 Å². The Labute approximate surface area is 122 Å². The van der Waals surface area contributed by atoms with Crippen molar-refractivity contribution in [2.24, 2.45) is 11.8 Å². The molecule has 0 aliphatic carbocycles. The summed E-state index contributed by atoms with van der Waals surface area (Å²) in [5.74, 6) is 1.70. The average molecular weight is 280 g/mol. The van der Waals surface area contributed by atoms with Crippen LogP contribution < -0.4 is 5.32 Å². The molecule has 0 aromatic carbocycles. The van der Waals surface area contributed by atoms with E-state index in [1.807, 2.05) is 11.3 Å². The smallest absolute Gasteiger partial charge is 0.0302 e. The van der Waals surface area contributed by atoms with Crippen molar-refractivity contribution < 1.29 is 0 Å². The van der Waals surface area contributed by atoms with Gasteiger partial charge in [0.2, 0.25) is 0 Å². The van der Waals surface area contributed by atoms with Crippen molar-refractivity contribution in [1.29, 1.82) is 0 Å². The van der Waals surface area contributed by atoms with E-state index < -0.39 is 0 Å². The van der Waals surface area contributed by atoms with Gasteiger partial charge in [-0.15, -0.1) is 11.3 Å². The van der Waals surface area contributed by atoms with Gasteiger partial charge >= 0.3 is 0 Å². The lowest BCUT2D eigenvalue weighted by Crippen LogP contribution is -2.21. The van der Waals surface area contributed by atoms with Crippen LogP contribution in [0, 0.1) is 18.8 Å². The summed E-state index contributed by atoms with van der Waals surface area (Å²) in [7, 11) is 0. The minimum atomic E-state index is 0.561. The summed E-state index contributed by atoms with van der Waals surface area (Å²) in [5.41, 5.74) is 1.53. The lowest BCUT2D eigenvalue weighted by Gasteiger charge is -2.14. The highest BCUT2D eigenvalue weighted by Crippen LogP contribution is 2.27. The summed E-state index contributed by atoms with van der Waals surface area (Å²) in [6.07, 6.45) is 0. The van der Waals surface area contributed by atoms with Crippen LogP contribution in [0.4, 0.5) is 0 Å². The van der Waals surface area contributed by atoms with Crippen LogP contribution in [0.3, 0.4) is 0 Å². The van der Waals surface area contributed by atoms with Crippen LogP contribution in [0.5, 0.6) is 0 Å². The second-order valence-electron chi connectivity index (χ2n) is 6.48. The predicted octanol–water partition coefficient (Wildman–Crippen LogP) is 3.64. The van der Waals surface area contributed by atoms with Gasteiger partial charge < -0.3 is 5.32 Å². The van der Waals surface area contributed by atoms with Crippen molar-refractivity contribution in [1.82, 2.24) is 10.2 Å². The molecule has 2 rings (SSSR count). The summed E-state index contributed by atoms with van der Waals surface area (Å²) in [4.78, 5) is 5.58. The summed E-state index contributed by atoms with van der Waals surface area (Å²) in [5, 5.41) is 3.51. The van der Waals surface area contributed by atoms with Gasteiger partial charge in [0.25, 0.3) is 0 Å². The Morgan fingerprint density at radius 3 is 2.53 bits per heavy atom. The molecule has 2 unspecified atom stereocenters. The number of nitrogens with zero attached hydrogens (tertiary/aromatic N) is 1. The third-order valence-electron chi connectivity index (χ3n) is 4.21. The van der Waals surface area contributed by atoms with Crippen LogP contribution in [0.2, 0.25) is 0 Å². The molecule has 0 spiro atoms. The van der Waals surface area contributed by atoms with Gasteiger partial charge in [0.15, 0.2) is 0 Å². The standard InChI is InChI=1S/C16H28N2S/c1-11(2)17-7-16-6-15(14(5)19-16)10-18-8-12(3)13(4)9-18/h6,11-13,17H,7-10H2,1-5H3. The maximum absolute atomic E-state index is 3.51. The maximum atomic E-state index is 3.51. The van der Waals surface area contributed by atoms with Gasteiger partial charge in [-0.2, -0.15) is 0 Å². The molecule has 1 N–H and O–H groups in total. The first kappa shape index (κ1) is 15.0. The van der Waals surface area contributed by atoms with Crippen molar-refractivity contribution in [3.63, 3.8) is 0 Å². The lowest BCUT2D eigenvalue weighted by atomic mass is 10.0. The number of aryl methyl sites for hydroxylation is 1. The summed E-state index contributed by atoms with van der Waals surface area (Å²) in [6, 6.07) is 2.97. The third-order valence-corrected chi connectivity index (χ3v) is 5.31. The quantitative estimate of drug-likeness (QED) is 0.886. The Balaban J connectivity index is 1.93. The molecule has 2 heterocycles. The number of nitrogens with one attached hydrogen (secondary N) is 1. The number of rotatable bonds is 5. The third kappa shape index (κ3) is 4.04. The van der Waals surface area contributed by atoms with E-state index in [0.717, 1.165) is 24.9 Å². The van der Waals surface area contributed by atoms with Crippen LogP contribution in [-0.2, 0) is 13.1 Å². The summed E-state index contributed by atoms with van der Waals surface area (Å²) < 4.78 is 0. The minimum absolute atomic E-state index is 0.561. The molecule has 1 saturated heterocycles. The monoisotopic (exact) mass is 280 g/mol. The number of hydrogen-bond acceptors (Lipinski definition) is 3. The first-order chi connectivity index (χ1) is 8.95. The first-order valence-corrected chi connectivity index (χ1v) is 8.31. The van der Waals surface area contributed by atoms with Gasteiger partial charge in [0, 0.05) is 42.0 Å². The fourth-order valence-corrected chi connectivity index (χ4v) is 3.76. The van der Waals surface area contributed by atoms with Crippen LogP contribution in [0.1, 0.15) is 43.0 Å². The fourth-order valence-electron chi connectivity index (χ4n) is 2.76. The Bertz CT molecular complexity index is 401. The van der Waals surface area contributed by atoms with E-state index in [0.29, 0.717) is 6.04 Å². The highest BCUT2D eigenvalue weighted by Gasteiger charge is 2.26. The maximum Gasteiger partial charge on any atom is 0.0302 e. The second-order valence-corrected chi connectivity index (χ2v) is 7.82. The number of likely N-dealkylation sites (tertiary alicyclic amines) is 1. The van der Waals surface area contributed by atoms with Crippen LogP contribution in [0.15, 0.2) is 6.07 Å². The lowest BCUT2D eigenvalue weighted by molar-refractivity contribution is 0.316. The first-order valence-electron chi connectivity index (χ1n) is 7.49. The zero-order valence-electron chi connectivity index (χ0n) is 13.0. The SMILES string of the molecule is Cc1sc(CNC(C)C)cc1CN1CC(C)C(C)C1. The molecule has 3 heteroatoms. The molecule has 2 atom stereocenters. The van der Waals surface area contributed by atoms with Crippen molar-refractivity contribution in [3.05, 3.63) is 21.4 Å². The largest absolute Gasteiger partial charge is 0.310 e. The van der Waals surface area contributed by atoms with Gasteiger partial charge in [-0.05, 0) is 30.4 Å². The molecule has 1 aromatic rings. The molecule has 0 radical (unpaired) electrons. The number of hydrogen-bond donors (Lipinski definition) is 1. The molecule has 1 aliphatic rings. The van der Waals surface area contributed by atoms with E-state index in [2.05, 4.69) is 50.9 Å². The van der Waals surface area contributed by atoms with Crippen molar-refractivity contribution in [2.45, 2.75) is 53.8 Å². The molecule has 0 bridgehead atoms. The van der Waals surface area contributed by atoms with Crippen molar-refractivity contribution in [2.75, 3.05) is 13.1 Å². The minimum Gasteiger partial charge on any atom is -0.310 e. The average Bonchev–Trinajstić information content (AvgIpc) is 2.82. The van der Waals surface area contributed by atoms with Crippen molar-refractivity contribution in [3.8, 4) is 0 Å². The Hall–Kier alpha value is -0.380. The zero-order valence-corrected chi connectivity index (χ0v) is 13.8. The van der Waals surface area contributed by atoms with Gasteiger partial charge in [-0.3, -0.25) is 4.90 Å². The molecule has 1 fully saturated rings. The van der Waals surface area contributed by atoms with Gasteiger partial charge in [-0.25, -0.2) is 0 Å². The van der Waals surface area contributed by atoms with Gasteiger partial charge in [-0.1, -0.05) is 27.7 Å². The van der Waals surface area contributed by atoms with E-state index in [-0.39, 0.29) is 0 Å². The topological polar surface area (TPSA) is 15.3 Å². The van der Waals surface area contributed by atoms with Crippen LogP contribution in [0.25, 0.3) is 0 Å². The van der Waals surface area contributed by atoms with E-state index >= 15 is 0 Å². The Morgan fingerprint density at radius 2 is 1.95 bits per heavy atom. The summed E-state index contributed by atoms with van der Waals surface area (Å²) >= 11 is 1.95. The normalized spacial score (nSPS) is 24.5. The van der Waals surface area contributed by atoms with E-state index in [1.165, 1.54) is 28.4 Å². The molecule has 2 nitrogen and oxygen atoms in total. The zero-order chi connectivity index (χ0) is 14.0. The molecule has 19 heavy (non-hydrogen) atoms. The Morgan fingerprint density at radius 1 is 1.32 bits per heavy atom. The number of thiophene rings is 1. The van der Waals surface area contributed by atoms with Crippen LogP contribution in [-0.4, -0.2) is 24.0 Å². The highest BCUT2D eigenvalue weighted by molar-refractivity contribution is 7.12. The molecular formula is C16H28N2S. The second kappa shape index (κ2) is 6.38. The molecule has 1 aliphatic heterocycles. The van der Waals surface area contributed by atoms with Gasteiger partial charge in [0.1, 0.15) is 0 Å². The molecular weight excluding hydrogens is 252 g/mol. The van der Waals surface area contributed by atoms with E-state index in [1.54, 1.807) is 0 Å². The molecule has 108 valence electrons. The Kier molecular flexibility index (Phi) is 5.04. The van der Waals surface area contributed by atoms with Crippen LogP contribution >= 0.6 is 11.3 Å². The van der Waals surface area contributed by atoms with Gasteiger partial charge in [0.05, 0.1) is 0 Å². The summed E-state index contributed by atoms with van der Waals surface area (Å²) in [6.45, 7) is 16.1. The molecule has 1 aromatic heterocycles. The predicted molar refractivity (Wildman–Crippen MR) is 84.6 cm³/mol. The van der Waals surface area contributed by atoms with Crippen molar-refractivity contribution >= 4 is 11.3 Å². The molecule has 0 saturated carbocycles. The molecule has 0 amide bonds. The fraction of sp³-hybridized carbons (Fsp3) is 0.750.